The third kappa shape index (κ3) is 3.59. The zero-order chi connectivity index (χ0) is 20.6. The monoisotopic (exact) mass is 389 g/mol. The van der Waals surface area contributed by atoms with Crippen LogP contribution >= 0.6 is 0 Å². The molecular weight excluding hydrogens is 366 g/mol. The number of imidazole rings is 1. The first-order valence-electron chi connectivity index (χ1n) is 9.76. The van der Waals surface area contributed by atoms with Crippen molar-refractivity contribution in [1.29, 1.82) is 5.26 Å². The number of pyridine rings is 1. The molecule has 2 heterocycles. The molecule has 1 atom stereocenters. The molecule has 4 rings (SSSR count). The Kier molecular flexibility index (Phi) is 4.81. The van der Waals surface area contributed by atoms with E-state index in [9.17, 15) is 15.2 Å². The Balaban J connectivity index is 1.65. The van der Waals surface area contributed by atoms with Crippen molar-refractivity contribution in [3.8, 4) is 6.07 Å². The average molecular weight is 389 g/mol. The van der Waals surface area contributed by atoms with Crippen LogP contribution in [0.3, 0.4) is 0 Å². The van der Waals surface area contributed by atoms with Crippen molar-refractivity contribution in [3.63, 3.8) is 0 Å². The summed E-state index contributed by atoms with van der Waals surface area (Å²) in [5.41, 5.74) is 1.77. The van der Waals surface area contributed by atoms with E-state index in [1.165, 1.54) is 0 Å². The van der Waals surface area contributed by atoms with E-state index in [1.807, 2.05) is 22.8 Å². The summed E-state index contributed by atoms with van der Waals surface area (Å²) in [5, 5.41) is 22.9. The van der Waals surface area contributed by atoms with E-state index >= 15 is 0 Å². The molecule has 0 bridgehead atoms. The molecule has 29 heavy (non-hydrogen) atoms. The lowest BCUT2D eigenvalue weighted by molar-refractivity contribution is -0.120. The topological polar surface area (TPSA) is 104 Å². The van der Waals surface area contributed by atoms with Crippen molar-refractivity contribution >= 4 is 23.0 Å². The summed E-state index contributed by atoms with van der Waals surface area (Å²) in [4.78, 5) is 21.9. The molecule has 0 unspecified atom stereocenters. The Hall–Kier alpha value is -3.24. The zero-order valence-electron chi connectivity index (χ0n) is 16.5. The van der Waals surface area contributed by atoms with Crippen LogP contribution in [0.25, 0.3) is 11.2 Å². The first-order chi connectivity index (χ1) is 13.9. The van der Waals surface area contributed by atoms with Crippen LogP contribution in [0.4, 0.5) is 5.95 Å². The molecule has 0 saturated heterocycles. The maximum Gasteiger partial charge on any atom is 0.229 e. The second-order valence-electron chi connectivity index (χ2n) is 7.83. The number of aliphatic hydroxyl groups is 1. The van der Waals surface area contributed by atoms with Crippen LogP contribution in [-0.4, -0.2) is 25.5 Å². The van der Waals surface area contributed by atoms with Gasteiger partial charge in [-0.05, 0) is 44.7 Å². The van der Waals surface area contributed by atoms with Gasteiger partial charge in [-0.2, -0.15) is 5.26 Å². The number of aryl methyl sites for hydroxylation is 1. The van der Waals surface area contributed by atoms with E-state index in [0.717, 1.165) is 19.3 Å². The molecular formula is C22H23N5O2. The molecule has 2 aromatic heterocycles. The Labute approximate surface area is 169 Å². The van der Waals surface area contributed by atoms with Gasteiger partial charge in [0.2, 0.25) is 11.9 Å². The third-order valence-electron chi connectivity index (χ3n) is 5.57. The highest BCUT2D eigenvalue weighted by atomic mass is 16.3. The highest BCUT2D eigenvalue weighted by molar-refractivity contribution is 5.92. The fourth-order valence-electron chi connectivity index (χ4n) is 3.68. The summed E-state index contributed by atoms with van der Waals surface area (Å²) >= 11 is 0. The molecule has 3 aromatic rings. The normalized spacial score (nSPS) is 16.1. The van der Waals surface area contributed by atoms with Gasteiger partial charge in [-0.25, -0.2) is 9.97 Å². The molecule has 2 N–H and O–H groups in total. The SMILES string of the molecule is Cc1nc2c(cc1C#N)nc(NC(=O)C[C@](C)(O)c1ccccc1)n2C1CCC1. The van der Waals surface area contributed by atoms with Gasteiger partial charge >= 0.3 is 0 Å². The summed E-state index contributed by atoms with van der Waals surface area (Å²) in [6.45, 7) is 3.42. The van der Waals surface area contributed by atoms with Crippen LogP contribution < -0.4 is 5.32 Å². The first kappa shape index (κ1) is 19.1. The van der Waals surface area contributed by atoms with Gasteiger partial charge in [-0.1, -0.05) is 30.3 Å². The minimum atomic E-state index is -1.29. The van der Waals surface area contributed by atoms with Crippen LogP contribution in [0, 0.1) is 18.3 Å². The van der Waals surface area contributed by atoms with Gasteiger partial charge in [0.05, 0.1) is 23.3 Å². The number of benzene rings is 1. The maximum absolute atomic E-state index is 12.8. The Morgan fingerprint density at radius 3 is 2.69 bits per heavy atom. The number of amides is 1. The summed E-state index contributed by atoms with van der Waals surface area (Å²) in [6, 6.07) is 13.2. The lowest BCUT2D eigenvalue weighted by atomic mass is 9.92. The van der Waals surface area contributed by atoms with E-state index in [1.54, 1.807) is 32.0 Å². The highest BCUT2D eigenvalue weighted by Gasteiger charge is 2.30. The fourth-order valence-corrected chi connectivity index (χ4v) is 3.68. The number of carbonyl (C=O) groups is 1. The van der Waals surface area contributed by atoms with Crippen LogP contribution in [0.2, 0.25) is 0 Å². The molecule has 1 aromatic carbocycles. The van der Waals surface area contributed by atoms with Gasteiger partial charge < -0.3 is 5.11 Å². The van der Waals surface area contributed by atoms with Crippen molar-refractivity contribution in [2.24, 2.45) is 0 Å². The van der Waals surface area contributed by atoms with E-state index < -0.39 is 5.60 Å². The number of anilines is 1. The number of hydrogen-bond donors (Lipinski definition) is 2. The van der Waals surface area contributed by atoms with Gasteiger partial charge in [-0.15, -0.1) is 0 Å². The molecule has 0 spiro atoms. The van der Waals surface area contributed by atoms with Crippen molar-refractivity contribution in [2.75, 3.05) is 5.32 Å². The summed E-state index contributed by atoms with van der Waals surface area (Å²) < 4.78 is 1.96. The molecule has 1 fully saturated rings. The minimum Gasteiger partial charge on any atom is -0.385 e. The Bertz CT molecular complexity index is 1110. The number of hydrogen-bond acceptors (Lipinski definition) is 5. The van der Waals surface area contributed by atoms with Crippen LogP contribution in [0.15, 0.2) is 36.4 Å². The Morgan fingerprint density at radius 2 is 2.07 bits per heavy atom. The van der Waals surface area contributed by atoms with Gasteiger partial charge in [0.15, 0.2) is 5.65 Å². The van der Waals surface area contributed by atoms with E-state index in [4.69, 9.17) is 0 Å². The second kappa shape index (κ2) is 7.30. The molecule has 1 amide bonds. The number of nitrogens with one attached hydrogen (secondary N) is 1. The lowest BCUT2D eigenvalue weighted by Crippen LogP contribution is -2.30. The number of rotatable bonds is 5. The smallest absolute Gasteiger partial charge is 0.229 e. The predicted molar refractivity (Wildman–Crippen MR) is 109 cm³/mol. The molecule has 7 nitrogen and oxygen atoms in total. The van der Waals surface area contributed by atoms with Gasteiger partial charge in [0.25, 0.3) is 0 Å². The fraction of sp³-hybridized carbons (Fsp3) is 0.364. The molecule has 1 saturated carbocycles. The van der Waals surface area contributed by atoms with Gasteiger partial charge in [0.1, 0.15) is 11.6 Å². The molecule has 1 aliphatic rings. The molecule has 148 valence electrons. The standard InChI is InChI=1S/C22H23N5O2/c1-14-15(13-23)11-18-20(24-14)27(17-9-6-10-17)21(25-18)26-19(28)12-22(2,29)16-7-4-3-5-8-16/h3-5,7-8,11,17,29H,6,9-10,12H2,1-2H3,(H,25,26,28)/t22-/m0/s1. The zero-order valence-corrected chi connectivity index (χ0v) is 16.5. The van der Waals surface area contributed by atoms with E-state index in [0.29, 0.717) is 33.9 Å². The van der Waals surface area contributed by atoms with Crippen molar-refractivity contribution < 1.29 is 9.90 Å². The quantitative estimate of drug-likeness (QED) is 0.694. The van der Waals surface area contributed by atoms with Gasteiger partial charge in [0, 0.05) is 6.04 Å². The predicted octanol–water partition coefficient (Wildman–Crippen LogP) is 3.57. The van der Waals surface area contributed by atoms with E-state index in [2.05, 4.69) is 21.4 Å². The number of fused-ring (bicyclic) bond motifs is 1. The van der Waals surface area contributed by atoms with Crippen molar-refractivity contribution in [1.82, 2.24) is 14.5 Å². The van der Waals surface area contributed by atoms with Crippen LogP contribution in [0.5, 0.6) is 0 Å². The molecule has 0 radical (unpaired) electrons. The van der Waals surface area contributed by atoms with Gasteiger partial charge in [-0.3, -0.25) is 14.7 Å². The average Bonchev–Trinajstić information content (AvgIpc) is 2.96. The van der Waals surface area contributed by atoms with Crippen molar-refractivity contribution in [2.45, 2.75) is 51.2 Å². The van der Waals surface area contributed by atoms with Crippen LogP contribution in [0.1, 0.15) is 55.5 Å². The van der Waals surface area contributed by atoms with E-state index in [-0.39, 0.29) is 18.4 Å². The summed E-state index contributed by atoms with van der Waals surface area (Å²) in [7, 11) is 0. The molecule has 7 heteroatoms. The molecule has 0 aliphatic heterocycles. The highest BCUT2D eigenvalue weighted by Crippen LogP contribution is 2.37. The third-order valence-corrected chi connectivity index (χ3v) is 5.57. The summed E-state index contributed by atoms with van der Waals surface area (Å²) in [5.74, 6) is 0.0903. The number of carbonyl (C=O) groups excluding carboxylic acids is 1. The summed E-state index contributed by atoms with van der Waals surface area (Å²) in [6.07, 6.45) is 3.02. The lowest BCUT2D eigenvalue weighted by Gasteiger charge is -2.29. The first-order valence-corrected chi connectivity index (χ1v) is 9.76. The number of nitriles is 1. The molecule has 1 aliphatic carbocycles. The van der Waals surface area contributed by atoms with Crippen LogP contribution in [-0.2, 0) is 10.4 Å². The Morgan fingerprint density at radius 1 is 1.34 bits per heavy atom. The van der Waals surface area contributed by atoms with Crippen molar-refractivity contribution in [3.05, 3.63) is 53.2 Å². The largest absolute Gasteiger partial charge is 0.385 e. The number of nitrogens with zero attached hydrogens (tertiary/aromatic N) is 4. The minimum absolute atomic E-state index is 0.0964. The number of aromatic nitrogens is 3. The maximum atomic E-state index is 12.8. The second-order valence-corrected chi connectivity index (χ2v) is 7.83.